The molecule has 3 aromatic carbocycles. The molecule has 0 atom stereocenters. The molecule has 1 nitrogen and oxygen atoms in total. The van der Waals surface area contributed by atoms with Crippen LogP contribution < -0.4 is 0 Å². The van der Waals surface area contributed by atoms with Crippen LogP contribution in [-0.4, -0.2) is 6.29 Å². The summed E-state index contributed by atoms with van der Waals surface area (Å²) in [5, 5.41) is 4.50. The van der Waals surface area contributed by atoms with Gasteiger partial charge >= 0.3 is 0 Å². The average molecular weight is 347 g/mol. The molecule has 0 amide bonds. The molecule has 0 spiro atoms. The van der Waals surface area contributed by atoms with Crippen LogP contribution in [-0.2, 0) is 10.8 Å². The predicted octanol–water partition coefficient (Wildman–Crippen LogP) is 7.02. The fourth-order valence-corrected chi connectivity index (χ4v) is 3.71. The molecule has 0 fully saturated rings. The van der Waals surface area contributed by atoms with Crippen LogP contribution >= 0.6 is 0 Å². The minimum absolute atomic E-state index is 0.0528. The molecular formula is C25H30O. The van der Waals surface area contributed by atoms with E-state index >= 15 is 0 Å². The van der Waals surface area contributed by atoms with Gasteiger partial charge < -0.3 is 0 Å². The molecule has 0 N–H and O–H groups in total. The van der Waals surface area contributed by atoms with Crippen molar-refractivity contribution in [2.75, 3.05) is 0 Å². The third-order valence-electron chi connectivity index (χ3n) is 5.49. The van der Waals surface area contributed by atoms with Gasteiger partial charge in [-0.05, 0) is 86.7 Å². The van der Waals surface area contributed by atoms with Gasteiger partial charge in [0.25, 0.3) is 0 Å². The van der Waals surface area contributed by atoms with Crippen molar-refractivity contribution in [3.05, 3.63) is 58.1 Å². The Morgan fingerprint density at radius 1 is 0.615 bits per heavy atom. The fourth-order valence-electron chi connectivity index (χ4n) is 3.71. The summed E-state index contributed by atoms with van der Waals surface area (Å²) in [6.45, 7) is 17.6. The lowest BCUT2D eigenvalue weighted by atomic mass is 9.81. The highest BCUT2D eigenvalue weighted by Crippen LogP contribution is 2.37. The summed E-state index contributed by atoms with van der Waals surface area (Å²) >= 11 is 0. The topological polar surface area (TPSA) is 17.1 Å². The van der Waals surface area contributed by atoms with Crippen LogP contribution in [0.5, 0.6) is 0 Å². The molecule has 0 heterocycles. The molecule has 3 rings (SSSR count). The first-order valence-electron chi connectivity index (χ1n) is 9.41. The Hall–Kier alpha value is -2.15. The van der Waals surface area contributed by atoms with E-state index in [-0.39, 0.29) is 10.8 Å². The Balaban J connectivity index is 2.52. The quantitative estimate of drug-likeness (QED) is 0.342. The van der Waals surface area contributed by atoms with Crippen LogP contribution in [0.2, 0.25) is 0 Å². The van der Waals surface area contributed by atoms with Gasteiger partial charge in [-0.15, -0.1) is 0 Å². The first kappa shape index (κ1) is 18.6. The van der Waals surface area contributed by atoms with Crippen molar-refractivity contribution in [1.82, 2.24) is 0 Å². The summed E-state index contributed by atoms with van der Waals surface area (Å²) in [6, 6.07) is 11.2. The van der Waals surface area contributed by atoms with Gasteiger partial charge in [0.2, 0.25) is 0 Å². The number of hydrogen-bond acceptors (Lipinski definition) is 1. The van der Waals surface area contributed by atoms with E-state index in [0.29, 0.717) is 0 Å². The second-order valence-electron chi connectivity index (χ2n) is 9.68. The molecule has 0 radical (unpaired) electrons. The highest BCUT2D eigenvalue weighted by atomic mass is 16.1. The van der Waals surface area contributed by atoms with Gasteiger partial charge in [-0.2, -0.15) is 0 Å². The fraction of sp³-hybridized carbons (Fsp3) is 0.400. The van der Waals surface area contributed by atoms with Crippen LogP contribution in [0, 0.1) is 13.8 Å². The molecule has 0 aliphatic rings. The van der Waals surface area contributed by atoms with Gasteiger partial charge in [-0.1, -0.05) is 53.7 Å². The number of fused-ring (bicyclic) bond motifs is 2. The highest BCUT2D eigenvalue weighted by molar-refractivity contribution is 6.14. The van der Waals surface area contributed by atoms with Crippen molar-refractivity contribution in [2.45, 2.75) is 66.2 Å². The van der Waals surface area contributed by atoms with E-state index in [9.17, 15) is 4.79 Å². The molecule has 3 aromatic rings. The first-order chi connectivity index (χ1) is 11.9. The van der Waals surface area contributed by atoms with Crippen LogP contribution in [0.4, 0.5) is 0 Å². The van der Waals surface area contributed by atoms with E-state index in [1.165, 1.54) is 33.0 Å². The van der Waals surface area contributed by atoms with Gasteiger partial charge in [-0.25, -0.2) is 0 Å². The molecule has 26 heavy (non-hydrogen) atoms. The van der Waals surface area contributed by atoms with E-state index in [2.05, 4.69) is 85.7 Å². The summed E-state index contributed by atoms with van der Waals surface area (Å²) in [5.41, 5.74) is 5.94. The minimum atomic E-state index is 0.0528. The number of rotatable bonds is 1. The van der Waals surface area contributed by atoms with Crippen LogP contribution in [0.1, 0.15) is 74.2 Å². The summed E-state index contributed by atoms with van der Waals surface area (Å²) in [5.74, 6) is 0. The largest absolute Gasteiger partial charge is 0.298 e. The second-order valence-corrected chi connectivity index (χ2v) is 9.68. The first-order valence-corrected chi connectivity index (χ1v) is 9.41. The van der Waals surface area contributed by atoms with Crippen LogP contribution in [0.15, 0.2) is 30.3 Å². The average Bonchev–Trinajstić information content (AvgIpc) is 2.51. The van der Waals surface area contributed by atoms with E-state index in [1.807, 2.05) is 0 Å². The zero-order valence-corrected chi connectivity index (χ0v) is 17.4. The SMILES string of the molecule is Cc1cc(C(C)(C)C)cc2c(C=O)c3cc(C(C)(C)C)cc(C)c3cc12. The predicted molar refractivity (Wildman–Crippen MR) is 114 cm³/mol. The molecule has 0 unspecified atom stereocenters. The number of carbonyl (C=O) groups is 1. The third kappa shape index (κ3) is 3.05. The molecule has 0 aromatic heterocycles. The number of benzene rings is 3. The second kappa shape index (κ2) is 5.94. The van der Waals surface area contributed by atoms with E-state index in [4.69, 9.17) is 0 Å². The Labute approximate surface area is 157 Å². The van der Waals surface area contributed by atoms with Gasteiger partial charge in [0.1, 0.15) is 0 Å². The molecular weight excluding hydrogens is 316 g/mol. The van der Waals surface area contributed by atoms with Gasteiger partial charge in [0.05, 0.1) is 0 Å². The van der Waals surface area contributed by atoms with Crippen molar-refractivity contribution >= 4 is 27.8 Å². The summed E-state index contributed by atoms with van der Waals surface area (Å²) in [6.07, 6.45) is 1.04. The van der Waals surface area contributed by atoms with E-state index in [1.54, 1.807) is 0 Å². The number of hydrogen-bond donors (Lipinski definition) is 0. The van der Waals surface area contributed by atoms with Gasteiger partial charge in [-0.3, -0.25) is 4.79 Å². The van der Waals surface area contributed by atoms with Crippen LogP contribution in [0.3, 0.4) is 0 Å². The third-order valence-corrected chi connectivity index (χ3v) is 5.49. The molecule has 0 aliphatic carbocycles. The zero-order chi connectivity index (χ0) is 19.4. The molecule has 0 saturated carbocycles. The van der Waals surface area contributed by atoms with Crippen molar-refractivity contribution in [1.29, 1.82) is 0 Å². The summed E-state index contributed by atoms with van der Waals surface area (Å²) < 4.78 is 0. The normalized spacial score (nSPS) is 12.8. The molecule has 136 valence electrons. The van der Waals surface area contributed by atoms with Crippen molar-refractivity contribution in [3.63, 3.8) is 0 Å². The Morgan fingerprint density at radius 2 is 1.00 bits per heavy atom. The molecule has 0 aliphatic heterocycles. The van der Waals surface area contributed by atoms with Gasteiger partial charge in [0, 0.05) is 5.56 Å². The molecule has 0 saturated heterocycles. The van der Waals surface area contributed by atoms with Crippen LogP contribution in [0.25, 0.3) is 21.5 Å². The smallest absolute Gasteiger partial charge is 0.151 e. The lowest BCUT2D eigenvalue weighted by Crippen LogP contribution is -2.12. The molecule has 1 heteroatoms. The maximum atomic E-state index is 12.2. The summed E-state index contributed by atoms with van der Waals surface area (Å²) in [7, 11) is 0. The van der Waals surface area contributed by atoms with Crippen molar-refractivity contribution in [3.8, 4) is 0 Å². The standard InChI is InChI=1S/C25H30O/c1-15-9-17(24(3,4)5)11-21-19(15)13-20-16(2)10-18(25(6,7)8)12-22(20)23(21)14-26/h9-14H,1-8H3. The zero-order valence-electron chi connectivity index (χ0n) is 17.4. The van der Waals surface area contributed by atoms with Gasteiger partial charge in [0.15, 0.2) is 6.29 Å². The lowest BCUT2D eigenvalue weighted by Gasteiger charge is -2.23. The number of aldehydes is 1. The Bertz CT molecular complexity index is 946. The van der Waals surface area contributed by atoms with E-state index < -0.39 is 0 Å². The maximum absolute atomic E-state index is 12.2. The monoisotopic (exact) mass is 346 g/mol. The number of aryl methyl sites for hydroxylation is 2. The highest BCUT2D eigenvalue weighted by Gasteiger charge is 2.20. The Kier molecular flexibility index (Phi) is 4.26. The van der Waals surface area contributed by atoms with E-state index in [0.717, 1.165) is 22.6 Å². The Morgan fingerprint density at radius 3 is 1.31 bits per heavy atom. The maximum Gasteiger partial charge on any atom is 0.151 e. The molecule has 0 bridgehead atoms. The number of carbonyl (C=O) groups excluding carboxylic acids is 1. The lowest BCUT2D eigenvalue weighted by molar-refractivity contribution is 0.112. The van der Waals surface area contributed by atoms with Crippen molar-refractivity contribution in [2.24, 2.45) is 0 Å². The van der Waals surface area contributed by atoms with Crippen molar-refractivity contribution < 1.29 is 4.79 Å². The minimum Gasteiger partial charge on any atom is -0.298 e. The summed E-state index contributed by atoms with van der Waals surface area (Å²) in [4.78, 5) is 12.2.